The molecular weight excluding hydrogens is 241 g/mol. The highest BCUT2D eigenvalue weighted by molar-refractivity contribution is 6.06. The predicted molar refractivity (Wildman–Crippen MR) is 73.7 cm³/mol. The van der Waals surface area contributed by atoms with Crippen LogP contribution in [0.1, 0.15) is 12.5 Å². The highest BCUT2D eigenvalue weighted by Gasteiger charge is 2.46. The number of fused-ring (bicyclic) bond motifs is 1. The van der Waals surface area contributed by atoms with Crippen molar-refractivity contribution < 1.29 is 9.18 Å². The minimum Gasteiger partial charge on any atom is -0.312 e. The Morgan fingerprint density at radius 2 is 1.74 bits per heavy atom. The van der Waals surface area contributed by atoms with E-state index in [2.05, 4.69) is 0 Å². The summed E-state index contributed by atoms with van der Waals surface area (Å²) in [5, 5.41) is 0. The number of rotatable bonds is 1. The van der Waals surface area contributed by atoms with E-state index in [0.29, 0.717) is 11.3 Å². The largest absolute Gasteiger partial charge is 0.312 e. The minimum atomic E-state index is -1.94. The molecule has 2 aromatic rings. The summed E-state index contributed by atoms with van der Waals surface area (Å²) < 4.78 is 14.6. The van der Waals surface area contributed by atoms with E-state index in [9.17, 15) is 9.18 Å². The third kappa shape index (κ3) is 1.65. The van der Waals surface area contributed by atoms with E-state index in [1.165, 1.54) is 11.8 Å². The Bertz CT molecular complexity index is 649. The van der Waals surface area contributed by atoms with Crippen molar-refractivity contribution in [2.24, 2.45) is 0 Å². The fourth-order valence-corrected chi connectivity index (χ4v) is 2.55. The maximum absolute atomic E-state index is 14.6. The molecule has 2 nitrogen and oxygen atoms in total. The second-order valence-corrected chi connectivity index (χ2v) is 4.97. The lowest BCUT2D eigenvalue weighted by Crippen LogP contribution is -2.32. The molecular formula is C16H14FNO. The molecule has 0 saturated heterocycles. The Balaban J connectivity index is 2.17. The Hall–Kier alpha value is -2.16. The van der Waals surface area contributed by atoms with Crippen molar-refractivity contribution >= 4 is 11.6 Å². The minimum absolute atomic E-state index is 0.446. The highest BCUT2D eigenvalue weighted by Crippen LogP contribution is 2.43. The molecule has 1 atom stereocenters. The molecule has 2 aromatic carbocycles. The van der Waals surface area contributed by atoms with Crippen LogP contribution in [-0.4, -0.2) is 13.0 Å². The Morgan fingerprint density at radius 3 is 2.42 bits per heavy atom. The van der Waals surface area contributed by atoms with Crippen LogP contribution in [0.2, 0.25) is 0 Å². The first kappa shape index (κ1) is 11.9. The lowest BCUT2D eigenvalue weighted by atomic mass is 9.95. The molecule has 0 fully saturated rings. The van der Waals surface area contributed by atoms with E-state index in [0.717, 1.165) is 11.1 Å². The number of benzene rings is 2. The van der Waals surface area contributed by atoms with Gasteiger partial charge >= 0.3 is 0 Å². The fraction of sp³-hybridized carbons (Fsp3) is 0.188. The summed E-state index contributed by atoms with van der Waals surface area (Å²) in [5.74, 6) is -0.507. The van der Waals surface area contributed by atoms with Gasteiger partial charge in [-0.2, -0.15) is 0 Å². The molecule has 0 N–H and O–H groups in total. The third-order valence-electron chi connectivity index (χ3n) is 3.68. The molecule has 1 unspecified atom stereocenters. The zero-order valence-electron chi connectivity index (χ0n) is 10.9. The Labute approximate surface area is 111 Å². The van der Waals surface area contributed by atoms with Crippen LogP contribution in [0.4, 0.5) is 10.1 Å². The average Bonchev–Trinajstić information content (AvgIpc) is 2.61. The fourth-order valence-electron chi connectivity index (χ4n) is 2.55. The number of hydrogen-bond donors (Lipinski definition) is 0. The zero-order chi connectivity index (χ0) is 13.6. The summed E-state index contributed by atoms with van der Waals surface area (Å²) in [6.07, 6.45) is 0. The number of nitrogens with zero attached hydrogens (tertiary/aromatic N) is 1. The molecule has 0 aliphatic carbocycles. The van der Waals surface area contributed by atoms with Gasteiger partial charge in [-0.15, -0.1) is 0 Å². The van der Waals surface area contributed by atoms with Crippen molar-refractivity contribution in [3.05, 3.63) is 54.1 Å². The highest BCUT2D eigenvalue weighted by atomic mass is 19.1. The monoisotopic (exact) mass is 255 g/mol. The Kier molecular flexibility index (Phi) is 2.45. The van der Waals surface area contributed by atoms with Gasteiger partial charge < -0.3 is 4.90 Å². The molecule has 1 aliphatic heterocycles. The quantitative estimate of drug-likeness (QED) is 0.763. The molecule has 1 heterocycles. The van der Waals surface area contributed by atoms with Gasteiger partial charge in [-0.25, -0.2) is 4.39 Å². The average molecular weight is 255 g/mol. The van der Waals surface area contributed by atoms with Crippen LogP contribution in [0.25, 0.3) is 11.1 Å². The molecule has 19 heavy (non-hydrogen) atoms. The first-order chi connectivity index (χ1) is 9.01. The first-order valence-electron chi connectivity index (χ1n) is 6.19. The molecule has 0 aromatic heterocycles. The van der Waals surface area contributed by atoms with Crippen molar-refractivity contribution in [2.45, 2.75) is 12.6 Å². The van der Waals surface area contributed by atoms with Crippen molar-refractivity contribution in [1.82, 2.24) is 0 Å². The number of anilines is 1. The van der Waals surface area contributed by atoms with Gasteiger partial charge in [0.05, 0.1) is 5.69 Å². The van der Waals surface area contributed by atoms with E-state index in [-0.39, 0.29) is 0 Å². The van der Waals surface area contributed by atoms with Gasteiger partial charge in [0.15, 0.2) is 0 Å². The number of amides is 1. The van der Waals surface area contributed by atoms with E-state index in [1.807, 2.05) is 36.4 Å². The van der Waals surface area contributed by atoms with Gasteiger partial charge in [0.25, 0.3) is 5.91 Å². The van der Waals surface area contributed by atoms with Crippen molar-refractivity contribution in [3.8, 4) is 11.1 Å². The Morgan fingerprint density at radius 1 is 1.05 bits per heavy atom. The first-order valence-corrected chi connectivity index (χ1v) is 6.19. The molecule has 0 spiro atoms. The zero-order valence-corrected chi connectivity index (χ0v) is 10.9. The summed E-state index contributed by atoms with van der Waals surface area (Å²) in [6, 6.07) is 15.2. The maximum Gasteiger partial charge on any atom is 0.268 e. The van der Waals surface area contributed by atoms with Crippen LogP contribution in [0.3, 0.4) is 0 Å². The van der Waals surface area contributed by atoms with E-state index in [1.54, 1.807) is 19.2 Å². The third-order valence-corrected chi connectivity index (χ3v) is 3.68. The molecule has 1 aliphatic rings. The van der Waals surface area contributed by atoms with Gasteiger partial charge in [-0.3, -0.25) is 4.79 Å². The molecule has 3 heteroatoms. The molecule has 0 saturated carbocycles. The van der Waals surface area contributed by atoms with Gasteiger partial charge in [0, 0.05) is 12.6 Å². The normalized spacial score (nSPS) is 21.6. The van der Waals surface area contributed by atoms with E-state index in [4.69, 9.17) is 0 Å². The number of carbonyl (C=O) groups excluding carboxylic acids is 1. The van der Waals surface area contributed by atoms with Gasteiger partial charge in [0.2, 0.25) is 5.67 Å². The van der Waals surface area contributed by atoms with Crippen LogP contribution in [0, 0.1) is 0 Å². The number of hydrogen-bond acceptors (Lipinski definition) is 1. The van der Waals surface area contributed by atoms with Crippen molar-refractivity contribution in [3.63, 3.8) is 0 Å². The summed E-state index contributed by atoms with van der Waals surface area (Å²) in [5.41, 5.74) is 1.10. The lowest BCUT2D eigenvalue weighted by Gasteiger charge is -2.12. The van der Waals surface area contributed by atoms with Crippen molar-refractivity contribution in [2.75, 3.05) is 11.9 Å². The number of halogens is 1. The SMILES string of the molecule is CN1C(=O)C(C)(F)c2cc(-c3ccccc3)ccc21. The van der Waals surface area contributed by atoms with Crippen LogP contribution >= 0.6 is 0 Å². The van der Waals surface area contributed by atoms with E-state index >= 15 is 0 Å². The van der Waals surface area contributed by atoms with Crippen LogP contribution < -0.4 is 4.90 Å². The van der Waals surface area contributed by atoms with Crippen molar-refractivity contribution in [1.29, 1.82) is 0 Å². The molecule has 1 amide bonds. The summed E-state index contributed by atoms with van der Waals surface area (Å²) in [4.78, 5) is 13.3. The van der Waals surface area contributed by atoms with Crippen LogP contribution in [0.5, 0.6) is 0 Å². The maximum atomic E-state index is 14.6. The van der Waals surface area contributed by atoms with Crippen LogP contribution in [0.15, 0.2) is 48.5 Å². The second-order valence-electron chi connectivity index (χ2n) is 4.97. The second kappa shape index (κ2) is 3.92. The smallest absolute Gasteiger partial charge is 0.268 e. The number of likely N-dealkylation sites (N-methyl/N-ethyl adjacent to an activating group) is 1. The van der Waals surface area contributed by atoms with Gasteiger partial charge in [-0.1, -0.05) is 36.4 Å². The summed E-state index contributed by atoms with van der Waals surface area (Å²) >= 11 is 0. The van der Waals surface area contributed by atoms with Gasteiger partial charge in [0.1, 0.15) is 0 Å². The molecule has 0 bridgehead atoms. The van der Waals surface area contributed by atoms with Crippen LogP contribution in [-0.2, 0) is 10.5 Å². The number of carbonyl (C=O) groups is 1. The van der Waals surface area contributed by atoms with E-state index < -0.39 is 11.6 Å². The summed E-state index contributed by atoms with van der Waals surface area (Å²) in [7, 11) is 1.61. The predicted octanol–water partition coefficient (Wildman–Crippen LogP) is 3.51. The summed E-state index contributed by atoms with van der Waals surface area (Å²) in [6.45, 7) is 1.33. The molecule has 96 valence electrons. The molecule has 3 rings (SSSR count). The lowest BCUT2D eigenvalue weighted by molar-refractivity contribution is -0.127. The molecule has 0 radical (unpaired) electrons. The topological polar surface area (TPSA) is 20.3 Å². The number of alkyl halides is 1. The standard InChI is InChI=1S/C16H14FNO/c1-16(17)13-10-12(11-6-4-3-5-7-11)8-9-14(13)18(2)15(16)19/h3-10H,1-2H3. The van der Waals surface area contributed by atoms with Gasteiger partial charge in [-0.05, 0) is 30.2 Å².